The van der Waals surface area contributed by atoms with E-state index in [1.165, 1.54) is 30.3 Å². The third-order valence-electron chi connectivity index (χ3n) is 6.19. The monoisotopic (exact) mass is 564 g/mol. The lowest BCUT2D eigenvalue weighted by Gasteiger charge is -2.20. The van der Waals surface area contributed by atoms with E-state index in [9.17, 15) is 26.4 Å². The largest absolute Gasteiger partial charge is 0.493 e. The topological polar surface area (TPSA) is 89.9 Å². The van der Waals surface area contributed by atoms with E-state index in [0.29, 0.717) is 24.2 Å². The Hall–Kier alpha value is -3.53. The lowest BCUT2D eigenvalue weighted by molar-refractivity contribution is -0.138. The molecule has 0 aliphatic carbocycles. The predicted octanol–water partition coefficient (Wildman–Crippen LogP) is 6.59. The van der Waals surface area contributed by atoms with Crippen LogP contribution in [0, 0.1) is 0 Å². The van der Waals surface area contributed by atoms with Crippen molar-refractivity contribution in [2.45, 2.75) is 56.7 Å². The van der Waals surface area contributed by atoms with Crippen molar-refractivity contribution in [2.24, 2.45) is 0 Å². The molecule has 3 aromatic carbocycles. The SMILES string of the molecule is CCc1cc(OCCC(C)Oc2ccc(C(F)(F)F)cc2-c2ccc(S(C)(=O)=O)cc2)ccc1CCC(=O)O. The van der Waals surface area contributed by atoms with Crippen molar-refractivity contribution in [1.82, 2.24) is 0 Å². The summed E-state index contributed by atoms with van der Waals surface area (Å²) in [5.41, 5.74) is 1.72. The molecule has 10 heteroatoms. The predicted molar refractivity (Wildman–Crippen MR) is 142 cm³/mol. The number of hydrogen-bond donors (Lipinski definition) is 1. The van der Waals surface area contributed by atoms with Crippen molar-refractivity contribution in [1.29, 1.82) is 0 Å². The van der Waals surface area contributed by atoms with E-state index in [-0.39, 0.29) is 29.2 Å². The maximum Gasteiger partial charge on any atom is 0.416 e. The molecule has 39 heavy (non-hydrogen) atoms. The molecule has 3 aromatic rings. The van der Waals surface area contributed by atoms with Gasteiger partial charge in [-0.2, -0.15) is 13.2 Å². The lowest BCUT2D eigenvalue weighted by atomic mass is 10.0. The zero-order valence-corrected chi connectivity index (χ0v) is 22.7. The first-order valence-corrected chi connectivity index (χ1v) is 14.3. The number of aryl methyl sites for hydroxylation is 2. The number of aliphatic carboxylic acids is 1. The van der Waals surface area contributed by atoms with Gasteiger partial charge in [-0.3, -0.25) is 4.79 Å². The van der Waals surface area contributed by atoms with E-state index in [1.807, 2.05) is 19.1 Å². The summed E-state index contributed by atoms with van der Waals surface area (Å²) in [6.07, 6.45) is -2.24. The van der Waals surface area contributed by atoms with Crippen LogP contribution in [0.25, 0.3) is 11.1 Å². The van der Waals surface area contributed by atoms with Gasteiger partial charge in [0.05, 0.1) is 23.2 Å². The molecule has 3 rings (SSSR count). The Kier molecular flexibility index (Phi) is 9.66. The number of carboxylic acids is 1. The van der Waals surface area contributed by atoms with Crippen molar-refractivity contribution in [3.8, 4) is 22.6 Å². The summed E-state index contributed by atoms with van der Waals surface area (Å²) in [6.45, 7) is 4.05. The zero-order chi connectivity index (χ0) is 28.8. The molecule has 0 saturated carbocycles. The van der Waals surface area contributed by atoms with Crippen LogP contribution in [0.2, 0.25) is 0 Å². The average Bonchev–Trinajstić information content (AvgIpc) is 2.86. The Bertz CT molecular complexity index is 1400. The molecule has 0 heterocycles. The first kappa shape index (κ1) is 30.0. The second kappa shape index (κ2) is 12.5. The third kappa shape index (κ3) is 8.48. The van der Waals surface area contributed by atoms with Crippen LogP contribution in [0.4, 0.5) is 13.2 Å². The van der Waals surface area contributed by atoms with Gasteiger partial charge in [0.2, 0.25) is 0 Å². The van der Waals surface area contributed by atoms with Crippen molar-refractivity contribution in [3.63, 3.8) is 0 Å². The first-order valence-electron chi connectivity index (χ1n) is 12.4. The summed E-state index contributed by atoms with van der Waals surface area (Å²) in [5, 5.41) is 8.93. The Morgan fingerprint density at radius 2 is 1.69 bits per heavy atom. The summed E-state index contributed by atoms with van der Waals surface area (Å²) in [4.78, 5) is 10.9. The molecular weight excluding hydrogens is 533 g/mol. The number of carbonyl (C=O) groups is 1. The van der Waals surface area contributed by atoms with Crippen molar-refractivity contribution in [3.05, 3.63) is 77.4 Å². The van der Waals surface area contributed by atoms with Crippen molar-refractivity contribution < 1.29 is 41.0 Å². The summed E-state index contributed by atoms with van der Waals surface area (Å²) >= 11 is 0. The van der Waals surface area contributed by atoms with E-state index in [0.717, 1.165) is 35.9 Å². The van der Waals surface area contributed by atoms with Gasteiger partial charge in [-0.15, -0.1) is 0 Å². The summed E-state index contributed by atoms with van der Waals surface area (Å²) in [6, 6.07) is 14.4. The lowest BCUT2D eigenvalue weighted by Crippen LogP contribution is -2.16. The van der Waals surface area contributed by atoms with Gasteiger partial charge < -0.3 is 14.6 Å². The number of benzene rings is 3. The highest BCUT2D eigenvalue weighted by Crippen LogP contribution is 2.38. The molecule has 1 atom stereocenters. The van der Waals surface area contributed by atoms with Crippen LogP contribution in [0.5, 0.6) is 11.5 Å². The molecule has 0 aromatic heterocycles. The molecule has 0 saturated heterocycles. The summed E-state index contributed by atoms with van der Waals surface area (Å²) in [7, 11) is -3.46. The third-order valence-corrected chi connectivity index (χ3v) is 7.32. The van der Waals surface area contributed by atoms with Crippen LogP contribution in [-0.4, -0.2) is 38.5 Å². The molecule has 6 nitrogen and oxygen atoms in total. The van der Waals surface area contributed by atoms with Gasteiger partial charge in [-0.05, 0) is 78.9 Å². The fraction of sp³-hybridized carbons (Fsp3) is 0.345. The van der Waals surface area contributed by atoms with Gasteiger partial charge in [0.15, 0.2) is 9.84 Å². The normalized spacial score (nSPS) is 12.7. The highest BCUT2D eigenvalue weighted by atomic mass is 32.2. The number of ether oxygens (including phenoxy) is 2. The quantitative estimate of drug-likeness (QED) is 0.267. The van der Waals surface area contributed by atoms with Gasteiger partial charge >= 0.3 is 12.1 Å². The van der Waals surface area contributed by atoms with Crippen molar-refractivity contribution >= 4 is 15.8 Å². The van der Waals surface area contributed by atoms with Gasteiger partial charge in [-0.25, -0.2) is 8.42 Å². The second-order valence-corrected chi connectivity index (χ2v) is 11.3. The van der Waals surface area contributed by atoms with Gasteiger partial charge in [0.1, 0.15) is 11.5 Å². The number of carboxylic acid groups (broad SMARTS) is 1. The number of hydrogen-bond acceptors (Lipinski definition) is 5. The fourth-order valence-electron chi connectivity index (χ4n) is 4.04. The molecule has 1 unspecified atom stereocenters. The molecular formula is C29H31F3O6S. The Balaban J connectivity index is 1.72. The maximum absolute atomic E-state index is 13.4. The van der Waals surface area contributed by atoms with Gasteiger partial charge in [0.25, 0.3) is 0 Å². The van der Waals surface area contributed by atoms with Crippen LogP contribution < -0.4 is 9.47 Å². The minimum Gasteiger partial charge on any atom is -0.493 e. The van der Waals surface area contributed by atoms with Crippen LogP contribution >= 0.6 is 0 Å². The number of rotatable bonds is 12. The molecule has 0 aliphatic rings. The molecule has 210 valence electrons. The van der Waals surface area contributed by atoms with Crippen LogP contribution in [0.3, 0.4) is 0 Å². The molecule has 0 fully saturated rings. The van der Waals surface area contributed by atoms with Crippen LogP contribution in [0.1, 0.15) is 43.4 Å². The number of alkyl halides is 3. The maximum atomic E-state index is 13.4. The molecule has 0 aliphatic heterocycles. The Morgan fingerprint density at radius 3 is 2.28 bits per heavy atom. The Labute approximate surface area is 226 Å². The van der Waals surface area contributed by atoms with E-state index >= 15 is 0 Å². The highest BCUT2D eigenvalue weighted by molar-refractivity contribution is 7.90. The van der Waals surface area contributed by atoms with E-state index in [1.54, 1.807) is 13.0 Å². The Morgan fingerprint density at radius 1 is 1.00 bits per heavy atom. The van der Waals surface area contributed by atoms with Crippen LogP contribution in [0.15, 0.2) is 65.6 Å². The second-order valence-electron chi connectivity index (χ2n) is 9.25. The molecule has 0 bridgehead atoms. The van der Waals surface area contributed by atoms with Gasteiger partial charge in [-0.1, -0.05) is 25.1 Å². The smallest absolute Gasteiger partial charge is 0.416 e. The highest BCUT2D eigenvalue weighted by Gasteiger charge is 2.31. The number of halogens is 3. The summed E-state index contributed by atoms with van der Waals surface area (Å²) in [5.74, 6) is 0.0199. The fourth-order valence-corrected chi connectivity index (χ4v) is 4.67. The minimum absolute atomic E-state index is 0.0514. The van der Waals surface area contributed by atoms with Crippen LogP contribution in [-0.2, 0) is 33.6 Å². The molecule has 0 amide bonds. The van der Waals surface area contributed by atoms with Crippen molar-refractivity contribution in [2.75, 3.05) is 12.9 Å². The first-order chi connectivity index (χ1) is 18.3. The average molecular weight is 565 g/mol. The molecule has 0 radical (unpaired) electrons. The molecule has 1 N–H and O–H groups in total. The standard InChI is InChI=1S/C29H31F3O6S/c1-4-20-17-24(10-5-21(20)8-14-28(33)34)37-16-15-19(2)38-27-13-9-23(29(30,31)32)18-26(27)22-6-11-25(12-7-22)39(3,35)36/h5-7,9-13,17-19H,4,8,14-16H2,1-3H3,(H,33,34). The van der Waals surface area contributed by atoms with Gasteiger partial charge in [0, 0.05) is 24.7 Å². The number of sulfone groups is 1. The zero-order valence-electron chi connectivity index (χ0n) is 21.9. The van der Waals surface area contributed by atoms with E-state index in [4.69, 9.17) is 14.6 Å². The van der Waals surface area contributed by atoms with E-state index in [2.05, 4.69) is 0 Å². The molecule has 0 spiro atoms. The summed E-state index contributed by atoms with van der Waals surface area (Å²) < 4.78 is 75.7. The van der Waals surface area contributed by atoms with E-state index < -0.39 is 33.7 Å². The minimum atomic E-state index is -4.56.